The third-order valence-corrected chi connectivity index (χ3v) is 3.98. The average Bonchev–Trinajstić information content (AvgIpc) is 2.68. The molecular weight excluding hydrogens is 382 g/mol. The van der Waals surface area contributed by atoms with Gasteiger partial charge >= 0.3 is 5.97 Å². The summed E-state index contributed by atoms with van der Waals surface area (Å²) in [7, 11) is 2.99. The van der Waals surface area contributed by atoms with E-state index in [0.717, 1.165) is 0 Å². The lowest BCUT2D eigenvalue weighted by Crippen LogP contribution is -2.29. The molecule has 0 unspecified atom stereocenters. The van der Waals surface area contributed by atoms with Gasteiger partial charge < -0.3 is 19.5 Å². The number of nitrogens with one attached hydrogen (secondary N) is 1. The van der Waals surface area contributed by atoms with Crippen LogP contribution in [0.4, 0.5) is 0 Å². The second kappa shape index (κ2) is 9.80. The molecule has 0 aliphatic carbocycles. The molecule has 0 spiro atoms. The van der Waals surface area contributed by atoms with Crippen LogP contribution in [0.5, 0.6) is 11.5 Å². The number of carbonyl (C=O) groups excluding carboxylic acids is 2. The molecule has 28 heavy (non-hydrogen) atoms. The molecule has 0 aromatic heterocycles. The van der Waals surface area contributed by atoms with Crippen molar-refractivity contribution in [3.05, 3.63) is 64.3 Å². The number of benzene rings is 2. The van der Waals surface area contributed by atoms with E-state index in [2.05, 4.69) is 5.32 Å². The van der Waals surface area contributed by atoms with E-state index in [1.54, 1.807) is 56.3 Å². The Balaban J connectivity index is 2.44. The molecule has 1 amide bonds. The molecule has 0 fully saturated rings. The fourth-order valence-corrected chi connectivity index (χ4v) is 2.55. The van der Waals surface area contributed by atoms with Crippen molar-refractivity contribution in [1.82, 2.24) is 5.32 Å². The summed E-state index contributed by atoms with van der Waals surface area (Å²) in [4.78, 5) is 25.0. The van der Waals surface area contributed by atoms with Gasteiger partial charge in [-0.25, -0.2) is 4.79 Å². The van der Waals surface area contributed by atoms with Crippen LogP contribution in [0.1, 0.15) is 29.8 Å². The van der Waals surface area contributed by atoms with Gasteiger partial charge in [-0.15, -0.1) is 0 Å². The van der Waals surface area contributed by atoms with Crippen LogP contribution in [0.2, 0.25) is 5.02 Å². The molecule has 1 N–H and O–H groups in total. The van der Waals surface area contributed by atoms with E-state index in [1.165, 1.54) is 20.3 Å². The van der Waals surface area contributed by atoms with Gasteiger partial charge in [0.2, 0.25) is 0 Å². The van der Waals surface area contributed by atoms with Crippen LogP contribution in [0.15, 0.2) is 48.2 Å². The third kappa shape index (κ3) is 5.50. The van der Waals surface area contributed by atoms with E-state index >= 15 is 0 Å². The summed E-state index contributed by atoms with van der Waals surface area (Å²) in [6.45, 7) is 3.44. The lowest BCUT2D eigenvalue weighted by Gasteiger charge is -2.14. The highest BCUT2D eigenvalue weighted by Crippen LogP contribution is 2.34. The predicted molar refractivity (Wildman–Crippen MR) is 108 cm³/mol. The Bertz CT molecular complexity index is 878. The summed E-state index contributed by atoms with van der Waals surface area (Å²) in [6, 6.07) is 11.7. The van der Waals surface area contributed by atoms with Crippen LogP contribution in [0, 0.1) is 0 Å². The molecule has 0 aliphatic heterocycles. The van der Waals surface area contributed by atoms with Crippen molar-refractivity contribution in [1.29, 1.82) is 0 Å². The van der Waals surface area contributed by atoms with Crippen LogP contribution in [-0.2, 0) is 9.53 Å². The van der Waals surface area contributed by atoms with Gasteiger partial charge in [0.25, 0.3) is 5.91 Å². The summed E-state index contributed by atoms with van der Waals surface area (Å²) in [5.41, 5.74) is 0.823. The zero-order valence-corrected chi connectivity index (χ0v) is 16.9. The first-order chi connectivity index (χ1) is 13.3. The Morgan fingerprint density at radius 1 is 1.04 bits per heavy atom. The third-order valence-electron chi connectivity index (χ3n) is 3.65. The number of ether oxygens (including phenoxy) is 3. The van der Waals surface area contributed by atoms with E-state index in [9.17, 15) is 9.59 Å². The van der Waals surface area contributed by atoms with Crippen molar-refractivity contribution < 1.29 is 23.8 Å². The maximum Gasteiger partial charge on any atom is 0.355 e. The second-order valence-corrected chi connectivity index (χ2v) is 6.47. The predicted octanol–water partition coefficient (Wildman–Crippen LogP) is 4.08. The topological polar surface area (TPSA) is 73.9 Å². The van der Waals surface area contributed by atoms with Gasteiger partial charge in [-0.3, -0.25) is 4.79 Å². The summed E-state index contributed by atoms with van der Waals surface area (Å²) < 4.78 is 15.7. The minimum Gasteiger partial charge on any atom is -0.493 e. The minimum absolute atomic E-state index is 0.0447. The monoisotopic (exact) mass is 403 g/mol. The Kier molecular flexibility index (Phi) is 7.46. The number of hydrogen-bond donors (Lipinski definition) is 1. The lowest BCUT2D eigenvalue weighted by molar-refractivity contribution is -0.142. The highest BCUT2D eigenvalue weighted by molar-refractivity contribution is 6.32. The smallest absolute Gasteiger partial charge is 0.355 e. The molecular formula is C21H22ClNO5. The number of esters is 1. The number of rotatable bonds is 7. The Morgan fingerprint density at radius 3 is 2.21 bits per heavy atom. The van der Waals surface area contributed by atoms with Gasteiger partial charge in [0.15, 0.2) is 11.5 Å². The second-order valence-electron chi connectivity index (χ2n) is 6.06. The van der Waals surface area contributed by atoms with Gasteiger partial charge in [-0.05, 0) is 43.7 Å². The van der Waals surface area contributed by atoms with E-state index in [0.29, 0.717) is 27.6 Å². The fourth-order valence-electron chi connectivity index (χ4n) is 2.34. The van der Waals surface area contributed by atoms with E-state index in [-0.39, 0.29) is 11.8 Å². The maximum atomic E-state index is 12.5. The van der Waals surface area contributed by atoms with E-state index < -0.39 is 11.9 Å². The first kappa shape index (κ1) is 21.3. The molecule has 0 bridgehead atoms. The number of carbonyl (C=O) groups is 2. The number of halogens is 1. The van der Waals surface area contributed by atoms with Crippen molar-refractivity contribution in [3.8, 4) is 11.5 Å². The molecule has 148 valence electrons. The molecule has 0 heterocycles. The zero-order chi connectivity index (χ0) is 20.7. The largest absolute Gasteiger partial charge is 0.493 e. The number of methoxy groups -OCH3 is 2. The highest BCUT2D eigenvalue weighted by Gasteiger charge is 2.18. The standard InChI is InChI=1S/C21H22ClNO5/c1-13(2)28-21(25)17(23-20(24)14-8-6-5-7-9-14)10-15-11-18(26-3)19(27-4)12-16(15)22/h5-13H,1-4H3,(H,23,24). The molecule has 0 radical (unpaired) electrons. The van der Waals surface area contributed by atoms with Gasteiger partial charge in [-0.1, -0.05) is 29.8 Å². The van der Waals surface area contributed by atoms with Crippen molar-refractivity contribution in [3.63, 3.8) is 0 Å². The van der Waals surface area contributed by atoms with Crippen molar-refractivity contribution in [2.75, 3.05) is 14.2 Å². The molecule has 0 saturated carbocycles. The summed E-state index contributed by atoms with van der Waals surface area (Å²) in [5, 5.41) is 2.92. The normalized spacial score (nSPS) is 11.1. The molecule has 2 aromatic rings. The Hall–Kier alpha value is -2.99. The van der Waals surface area contributed by atoms with Crippen LogP contribution in [-0.4, -0.2) is 32.2 Å². The van der Waals surface area contributed by atoms with Crippen molar-refractivity contribution in [2.45, 2.75) is 20.0 Å². The van der Waals surface area contributed by atoms with Crippen molar-refractivity contribution >= 4 is 29.6 Å². The number of amides is 1. The summed E-state index contributed by atoms with van der Waals surface area (Å²) in [6.07, 6.45) is 1.08. The quantitative estimate of drug-likeness (QED) is 0.557. The average molecular weight is 404 g/mol. The van der Waals surface area contributed by atoms with Crippen LogP contribution < -0.4 is 14.8 Å². The molecule has 2 aromatic carbocycles. The minimum atomic E-state index is -0.676. The molecule has 0 atom stereocenters. The SMILES string of the molecule is COc1cc(Cl)c(C=C(NC(=O)c2ccccc2)C(=O)OC(C)C)cc1OC. The molecule has 2 rings (SSSR count). The molecule has 6 nitrogen and oxygen atoms in total. The van der Waals surface area contributed by atoms with Crippen molar-refractivity contribution in [2.24, 2.45) is 0 Å². The van der Waals surface area contributed by atoms with E-state index in [4.69, 9.17) is 25.8 Å². The summed E-state index contributed by atoms with van der Waals surface area (Å²) in [5.74, 6) is -0.234. The first-order valence-electron chi connectivity index (χ1n) is 8.56. The fraction of sp³-hybridized carbons (Fsp3) is 0.238. The van der Waals surface area contributed by atoms with Gasteiger partial charge in [-0.2, -0.15) is 0 Å². The Labute approximate surface area is 169 Å². The summed E-state index contributed by atoms with van der Waals surface area (Å²) >= 11 is 6.30. The first-order valence-corrected chi connectivity index (χ1v) is 8.94. The van der Waals surface area contributed by atoms with Gasteiger partial charge in [0.05, 0.1) is 25.3 Å². The lowest BCUT2D eigenvalue weighted by atomic mass is 10.1. The number of hydrogen-bond acceptors (Lipinski definition) is 5. The zero-order valence-electron chi connectivity index (χ0n) is 16.1. The maximum absolute atomic E-state index is 12.5. The van der Waals surface area contributed by atoms with E-state index in [1.807, 2.05) is 0 Å². The van der Waals surface area contributed by atoms with Crippen LogP contribution in [0.3, 0.4) is 0 Å². The van der Waals surface area contributed by atoms with Crippen LogP contribution in [0.25, 0.3) is 6.08 Å². The highest BCUT2D eigenvalue weighted by atomic mass is 35.5. The molecule has 0 saturated heterocycles. The molecule has 0 aliphatic rings. The molecule has 7 heteroatoms. The van der Waals surface area contributed by atoms with Crippen LogP contribution >= 0.6 is 11.6 Å². The Morgan fingerprint density at radius 2 is 1.64 bits per heavy atom. The van der Waals surface area contributed by atoms with Gasteiger partial charge in [0, 0.05) is 11.6 Å². The van der Waals surface area contributed by atoms with Gasteiger partial charge in [0.1, 0.15) is 5.70 Å².